The normalized spacial score (nSPS) is 13.8. The molecule has 168 valence electrons. The molecule has 0 radical (unpaired) electrons. The van der Waals surface area contributed by atoms with Crippen LogP contribution >= 0.6 is 11.3 Å². The SMILES string of the molecule is Cc1cc(N2CC(C(=O)Nc3ccnn3C)C2)nc2c1c(=O)c(C(=O)O)cn2-c1nccs1. The number of aromatic carboxylic acids is 1. The molecule has 1 fully saturated rings. The van der Waals surface area contributed by atoms with Crippen molar-refractivity contribution in [2.24, 2.45) is 13.0 Å². The van der Waals surface area contributed by atoms with Gasteiger partial charge in [0, 0.05) is 44.0 Å². The third-order valence-electron chi connectivity index (χ3n) is 5.65. The van der Waals surface area contributed by atoms with E-state index in [0.717, 1.165) is 0 Å². The Labute approximate surface area is 190 Å². The highest BCUT2D eigenvalue weighted by molar-refractivity contribution is 7.12. The molecule has 1 amide bonds. The molecule has 5 heterocycles. The van der Waals surface area contributed by atoms with Gasteiger partial charge in [-0.15, -0.1) is 11.3 Å². The Bertz CT molecular complexity index is 1450. The molecule has 5 rings (SSSR count). The minimum absolute atomic E-state index is 0.0989. The molecule has 0 aromatic carbocycles. The smallest absolute Gasteiger partial charge is 0.341 e. The fourth-order valence-corrected chi connectivity index (χ4v) is 4.45. The van der Waals surface area contributed by atoms with Crippen molar-refractivity contribution in [1.82, 2.24) is 24.3 Å². The van der Waals surface area contributed by atoms with Gasteiger partial charge in [0.2, 0.25) is 11.3 Å². The van der Waals surface area contributed by atoms with Gasteiger partial charge in [-0.2, -0.15) is 5.10 Å². The van der Waals surface area contributed by atoms with Crippen molar-refractivity contribution < 1.29 is 14.7 Å². The first-order chi connectivity index (χ1) is 15.8. The van der Waals surface area contributed by atoms with Gasteiger partial charge in [0.25, 0.3) is 0 Å². The average Bonchev–Trinajstić information content (AvgIpc) is 3.39. The van der Waals surface area contributed by atoms with Crippen molar-refractivity contribution >= 4 is 45.9 Å². The summed E-state index contributed by atoms with van der Waals surface area (Å²) >= 11 is 1.31. The highest BCUT2D eigenvalue weighted by Gasteiger charge is 2.34. The van der Waals surface area contributed by atoms with Gasteiger partial charge in [0.1, 0.15) is 17.2 Å². The summed E-state index contributed by atoms with van der Waals surface area (Å²) in [6.45, 7) is 2.69. The minimum atomic E-state index is -1.30. The van der Waals surface area contributed by atoms with Crippen molar-refractivity contribution in [1.29, 1.82) is 0 Å². The standard InChI is InChI=1S/C21H19N7O4S/c1-11-7-15(27-8-12(9-27)19(30)25-14-3-4-23-26(14)2)24-18-16(11)17(29)13(20(31)32)10-28(18)21-22-5-6-33-21/h3-7,10,12H,8-9H2,1-2H3,(H,25,30)(H,31,32). The molecule has 4 aromatic heterocycles. The quantitative estimate of drug-likeness (QED) is 0.454. The predicted octanol–water partition coefficient (Wildman–Crippen LogP) is 1.66. The number of carbonyl (C=O) groups excluding carboxylic acids is 1. The number of nitrogens with zero attached hydrogens (tertiary/aromatic N) is 6. The Morgan fingerprint density at radius 3 is 2.70 bits per heavy atom. The van der Waals surface area contributed by atoms with E-state index in [-0.39, 0.29) is 22.8 Å². The summed E-state index contributed by atoms with van der Waals surface area (Å²) in [5, 5.41) is 18.9. The van der Waals surface area contributed by atoms with Crippen molar-refractivity contribution in [3.63, 3.8) is 0 Å². The molecule has 33 heavy (non-hydrogen) atoms. The number of fused-ring (bicyclic) bond motifs is 1. The second kappa shape index (κ2) is 7.81. The molecule has 0 saturated carbocycles. The van der Waals surface area contributed by atoms with E-state index in [1.165, 1.54) is 22.1 Å². The molecule has 0 unspecified atom stereocenters. The number of rotatable bonds is 5. The Balaban J connectivity index is 1.48. The fraction of sp³-hybridized carbons (Fsp3) is 0.238. The Morgan fingerprint density at radius 2 is 2.06 bits per heavy atom. The van der Waals surface area contributed by atoms with Crippen LogP contribution in [0.5, 0.6) is 0 Å². The third-order valence-corrected chi connectivity index (χ3v) is 6.42. The maximum Gasteiger partial charge on any atom is 0.341 e. The van der Waals surface area contributed by atoms with Gasteiger partial charge in [-0.3, -0.25) is 18.8 Å². The topological polar surface area (TPSA) is 135 Å². The number of thiazole rings is 1. The first kappa shape index (κ1) is 20.8. The molecule has 0 aliphatic carbocycles. The Hall–Kier alpha value is -4.06. The maximum atomic E-state index is 12.9. The van der Waals surface area contributed by atoms with Gasteiger partial charge in [-0.25, -0.2) is 14.8 Å². The summed E-state index contributed by atoms with van der Waals surface area (Å²) in [5.74, 6) is -0.385. The molecular weight excluding hydrogens is 446 g/mol. The first-order valence-electron chi connectivity index (χ1n) is 10.1. The van der Waals surface area contributed by atoms with Crippen LogP contribution in [0.1, 0.15) is 15.9 Å². The van der Waals surface area contributed by atoms with Crippen molar-refractivity contribution in [2.75, 3.05) is 23.3 Å². The van der Waals surface area contributed by atoms with E-state index in [1.54, 1.807) is 48.6 Å². The number of aryl methyl sites for hydroxylation is 2. The number of hydrogen-bond acceptors (Lipinski definition) is 8. The lowest BCUT2D eigenvalue weighted by Gasteiger charge is -2.39. The summed E-state index contributed by atoms with van der Waals surface area (Å²) in [6, 6.07) is 3.47. The lowest BCUT2D eigenvalue weighted by molar-refractivity contribution is -0.120. The Morgan fingerprint density at radius 1 is 1.27 bits per heavy atom. The lowest BCUT2D eigenvalue weighted by Crippen LogP contribution is -2.52. The molecule has 0 bridgehead atoms. The maximum absolute atomic E-state index is 12.9. The Kier molecular flexibility index (Phi) is 4.93. The van der Waals surface area contributed by atoms with Crippen LogP contribution in [0.2, 0.25) is 0 Å². The van der Waals surface area contributed by atoms with E-state index in [4.69, 9.17) is 0 Å². The van der Waals surface area contributed by atoms with Gasteiger partial charge in [0.05, 0.1) is 17.5 Å². The summed E-state index contributed by atoms with van der Waals surface area (Å²) in [4.78, 5) is 48.0. The lowest BCUT2D eigenvalue weighted by atomic mass is 9.98. The number of carboxylic acids is 1. The van der Waals surface area contributed by atoms with Gasteiger partial charge < -0.3 is 15.3 Å². The third kappa shape index (κ3) is 3.53. The van der Waals surface area contributed by atoms with Gasteiger partial charge >= 0.3 is 5.97 Å². The van der Waals surface area contributed by atoms with E-state index in [2.05, 4.69) is 20.4 Å². The molecule has 4 aromatic rings. The molecular formula is C21H19N7O4S. The summed E-state index contributed by atoms with van der Waals surface area (Å²) < 4.78 is 3.12. The minimum Gasteiger partial charge on any atom is -0.477 e. The zero-order valence-electron chi connectivity index (χ0n) is 17.7. The monoisotopic (exact) mass is 465 g/mol. The van der Waals surface area contributed by atoms with Gasteiger partial charge in [-0.05, 0) is 18.6 Å². The number of amides is 1. The molecule has 2 N–H and O–H groups in total. The zero-order valence-corrected chi connectivity index (χ0v) is 18.5. The number of pyridine rings is 2. The van der Waals surface area contributed by atoms with Gasteiger partial charge in [-0.1, -0.05) is 0 Å². The summed E-state index contributed by atoms with van der Waals surface area (Å²) in [5.41, 5.74) is 0.0130. The molecule has 11 nitrogen and oxygen atoms in total. The highest BCUT2D eigenvalue weighted by atomic mass is 32.1. The largest absolute Gasteiger partial charge is 0.477 e. The van der Waals surface area contributed by atoms with Crippen LogP contribution in [0, 0.1) is 12.8 Å². The van der Waals surface area contributed by atoms with Crippen LogP contribution in [-0.2, 0) is 11.8 Å². The van der Waals surface area contributed by atoms with Crippen LogP contribution in [0.15, 0.2) is 40.9 Å². The fourth-order valence-electron chi connectivity index (χ4n) is 3.83. The first-order valence-corrected chi connectivity index (χ1v) is 11.0. The van der Waals surface area contributed by atoms with Crippen molar-refractivity contribution in [3.8, 4) is 5.13 Å². The average molecular weight is 465 g/mol. The number of anilines is 2. The number of hydrogen-bond donors (Lipinski definition) is 2. The van der Waals surface area contributed by atoms with E-state index in [0.29, 0.717) is 41.1 Å². The zero-order chi connectivity index (χ0) is 23.3. The number of aromatic nitrogens is 5. The molecule has 1 aliphatic rings. The van der Waals surface area contributed by atoms with Crippen molar-refractivity contribution in [2.45, 2.75) is 6.92 Å². The van der Waals surface area contributed by atoms with E-state index in [9.17, 15) is 19.5 Å². The number of carboxylic acid groups (broad SMARTS) is 1. The molecule has 1 aliphatic heterocycles. The van der Waals surface area contributed by atoms with E-state index in [1.807, 2.05) is 4.90 Å². The molecule has 0 spiro atoms. The second-order valence-corrected chi connectivity index (χ2v) is 8.66. The summed E-state index contributed by atoms with van der Waals surface area (Å²) in [7, 11) is 1.75. The van der Waals surface area contributed by atoms with Crippen LogP contribution < -0.4 is 15.6 Å². The number of nitrogens with one attached hydrogen (secondary N) is 1. The molecule has 12 heteroatoms. The van der Waals surface area contributed by atoms with Crippen LogP contribution in [0.3, 0.4) is 0 Å². The van der Waals surface area contributed by atoms with E-state index >= 15 is 0 Å². The van der Waals surface area contributed by atoms with Gasteiger partial charge in [0.15, 0.2) is 10.8 Å². The van der Waals surface area contributed by atoms with Crippen LogP contribution in [0.25, 0.3) is 16.2 Å². The highest BCUT2D eigenvalue weighted by Crippen LogP contribution is 2.29. The molecule has 1 saturated heterocycles. The predicted molar refractivity (Wildman–Crippen MR) is 122 cm³/mol. The van der Waals surface area contributed by atoms with E-state index < -0.39 is 11.4 Å². The second-order valence-electron chi connectivity index (χ2n) is 7.79. The molecule has 0 atom stereocenters. The van der Waals surface area contributed by atoms with Crippen molar-refractivity contribution in [3.05, 3.63) is 57.5 Å². The van der Waals surface area contributed by atoms with Crippen LogP contribution in [0.4, 0.5) is 11.6 Å². The van der Waals surface area contributed by atoms with Crippen LogP contribution in [-0.4, -0.2) is 54.4 Å². The number of carbonyl (C=O) groups is 2. The summed E-state index contributed by atoms with van der Waals surface area (Å²) in [6.07, 6.45) is 4.48.